The molecule has 2 heterocycles. The molecule has 1 amide bonds. The van der Waals surface area contributed by atoms with Gasteiger partial charge in [-0.3, -0.25) is 4.79 Å². The first kappa shape index (κ1) is 24.6. The number of carbonyl (C=O) groups excluding carboxylic acids is 2. The van der Waals surface area contributed by atoms with Crippen molar-refractivity contribution in [3.63, 3.8) is 0 Å². The molecule has 0 bridgehead atoms. The Balaban J connectivity index is 1.76. The summed E-state index contributed by atoms with van der Waals surface area (Å²) in [7, 11) is 0. The van der Waals surface area contributed by atoms with Crippen molar-refractivity contribution >= 4 is 11.9 Å². The summed E-state index contributed by atoms with van der Waals surface area (Å²) < 4.78 is 85.9. The van der Waals surface area contributed by atoms with Crippen LogP contribution < -0.4 is 5.73 Å². The van der Waals surface area contributed by atoms with Crippen LogP contribution in [0.5, 0.6) is 0 Å². The summed E-state index contributed by atoms with van der Waals surface area (Å²) in [6, 6.07) is 0.0535. The molecule has 1 aliphatic heterocycles. The number of aromatic nitrogens is 2. The van der Waals surface area contributed by atoms with E-state index in [1.54, 1.807) is 0 Å². The van der Waals surface area contributed by atoms with E-state index in [9.17, 15) is 35.9 Å². The second kappa shape index (κ2) is 9.41. The third-order valence-electron chi connectivity index (χ3n) is 5.09. The Morgan fingerprint density at radius 3 is 2.45 bits per heavy atom. The van der Waals surface area contributed by atoms with Crippen molar-refractivity contribution in [3.05, 3.63) is 52.4 Å². The Morgan fingerprint density at radius 2 is 1.82 bits per heavy atom. The van der Waals surface area contributed by atoms with Crippen LogP contribution in [0.4, 0.5) is 26.3 Å². The second-order valence-corrected chi connectivity index (χ2v) is 7.44. The smallest absolute Gasteiger partial charge is 0.449 e. The van der Waals surface area contributed by atoms with Gasteiger partial charge in [-0.2, -0.15) is 13.2 Å². The number of carbonyl (C=O) groups is 2. The number of fused-ring (bicyclic) bond motifs is 1. The average molecular weight is 478 g/mol. The molecule has 3 rings (SSSR count). The minimum absolute atomic E-state index is 0.0788. The Kier molecular flexibility index (Phi) is 7.00. The number of hydrogen-bond donors (Lipinski definition) is 1. The van der Waals surface area contributed by atoms with Gasteiger partial charge < -0.3 is 19.9 Å². The van der Waals surface area contributed by atoms with Gasteiger partial charge in [0.1, 0.15) is 5.82 Å². The summed E-state index contributed by atoms with van der Waals surface area (Å²) in [5.74, 6) is -6.52. The van der Waals surface area contributed by atoms with E-state index in [-0.39, 0.29) is 50.3 Å². The molecule has 1 aromatic heterocycles. The Hall–Kier alpha value is -3.09. The number of esters is 1. The van der Waals surface area contributed by atoms with Crippen LogP contribution in [0, 0.1) is 17.5 Å². The van der Waals surface area contributed by atoms with Gasteiger partial charge in [0.2, 0.25) is 11.7 Å². The van der Waals surface area contributed by atoms with Crippen molar-refractivity contribution in [1.29, 1.82) is 0 Å². The molecule has 0 aliphatic carbocycles. The molecular weight excluding hydrogens is 458 g/mol. The molecule has 0 saturated heterocycles. The lowest BCUT2D eigenvalue weighted by Crippen LogP contribution is -2.42. The van der Waals surface area contributed by atoms with E-state index >= 15 is 0 Å². The van der Waals surface area contributed by atoms with E-state index in [1.165, 1.54) is 11.8 Å². The maximum Gasteiger partial charge on any atom is 0.449 e. The highest BCUT2D eigenvalue weighted by atomic mass is 19.4. The average Bonchev–Trinajstić information content (AvgIpc) is 3.11. The third kappa shape index (κ3) is 5.29. The lowest BCUT2D eigenvalue weighted by atomic mass is 10.0. The van der Waals surface area contributed by atoms with Crippen LogP contribution in [-0.4, -0.2) is 45.5 Å². The number of alkyl halides is 3. The zero-order valence-electron chi connectivity index (χ0n) is 17.4. The van der Waals surface area contributed by atoms with Crippen LogP contribution in [0.25, 0.3) is 0 Å². The van der Waals surface area contributed by atoms with Crippen molar-refractivity contribution in [1.82, 2.24) is 14.5 Å². The fourth-order valence-corrected chi connectivity index (χ4v) is 3.59. The number of ether oxygens (including phenoxy) is 1. The van der Waals surface area contributed by atoms with E-state index in [2.05, 4.69) is 4.98 Å². The van der Waals surface area contributed by atoms with E-state index in [1.807, 2.05) is 0 Å². The first-order chi connectivity index (χ1) is 15.4. The van der Waals surface area contributed by atoms with Gasteiger partial charge in [-0.25, -0.2) is 22.9 Å². The Labute approximate surface area is 184 Å². The number of benzene rings is 1. The minimum atomic E-state index is -4.82. The molecule has 0 radical (unpaired) electrons. The molecule has 1 aliphatic rings. The van der Waals surface area contributed by atoms with Crippen molar-refractivity contribution in [3.8, 4) is 0 Å². The maximum absolute atomic E-state index is 13.8. The molecule has 13 heteroatoms. The fourth-order valence-electron chi connectivity index (χ4n) is 3.59. The van der Waals surface area contributed by atoms with Gasteiger partial charge in [-0.05, 0) is 25.0 Å². The topological polar surface area (TPSA) is 90.5 Å². The molecule has 0 unspecified atom stereocenters. The van der Waals surface area contributed by atoms with Crippen molar-refractivity contribution in [2.24, 2.45) is 5.73 Å². The van der Waals surface area contributed by atoms with Gasteiger partial charge in [0.15, 0.2) is 17.3 Å². The second-order valence-electron chi connectivity index (χ2n) is 7.44. The highest BCUT2D eigenvalue weighted by Crippen LogP contribution is 2.32. The number of imidazole rings is 1. The summed E-state index contributed by atoms with van der Waals surface area (Å²) in [4.78, 5) is 29.4. The zero-order chi connectivity index (χ0) is 24.5. The molecule has 1 atom stereocenters. The molecule has 0 fully saturated rings. The highest BCUT2D eigenvalue weighted by molar-refractivity contribution is 5.89. The molecule has 33 heavy (non-hydrogen) atoms. The third-order valence-corrected chi connectivity index (χ3v) is 5.09. The lowest BCUT2D eigenvalue weighted by Gasteiger charge is -2.30. The van der Waals surface area contributed by atoms with Crippen molar-refractivity contribution < 1.29 is 40.7 Å². The van der Waals surface area contributed by atoms with Crippen molar-refractivity contribution in [2.75, 3.05) is 13.2 Å². The summed E-state index contributed by atoms with van der Waals surface area (Å²) in [5.41, 5.74) is 5.00. The molecule has 2 aromatic rings. The van der Waals surface area contributed by atoms with Crippen LogP contribution in [0.3, 0.4) is 0 Å². The molecule has 7 nitrogen and oxygen atoms in total. The van der Waals surface area contributed by atoms with E-state index in [0.29, 0.717) is 12.1 Å². The number of nitrogens with two attached hydrogens (primary N) is 1. The van der Waals surface area contributed by atoms with Crippen LogP contribution in [0.2, 0.25) is 0 Å². The summed E-state index contributed by atoms with van der Waals surface area (Å²) in [6.07, 6.45) is -5.43. The van der Waals surface area contributed by atoms with Gasteiger partial charge in [0.05, 0.1) is 18.8 Å². The standard InChI is InChI=1S/C20H20F6N4O3/c1-2-33-18(32)17-15-9-29(3-4-30(15)19(28-17)20(24,25)26)16(31)7-11(27)5-10-6-13(22)14(23)8-12(10)21/h6,8,11H,2-5,7,9,27H2,1H3/t11-/m1/s1. The first-order valence-electron chi connectivity index (χ1n) is 9.92. The van der Waals surface area contributed by atoms with Gasteiger partial charge >= 0.3 is 12.1 Å². The molecule has 0 spiro atoms. The van der Waals surface area contributed by atoms with Crippen LogP contribution in [0.15, 0.2) is 12.1 Å². The van der Waals surface area contributed by atoms with Crippen LogP contribution >= 0.6 is 0 Å². The molecule has 1 aromatic carbocycles. The van der Waals surface area contributed by atoms with Gasteiger partial charge in [-0.15, -0.1) is 0 Å². The van der Waals surface area contributed by atoms with Crippen LogP contribution in [-0.2, 0) is 35.2 Å². The number of amides is 1. The van der Waals surface area contributed by atoms with Gasteiger partial charge in [0, 0.05) is 31.6 Å². The fraction of sp³-hybridized carbons (Fsp3) is 0.450. The zero-order valence-corrected chi connectivity index (χ0v) is 17.4. The summed E-state index contributed by atoms with van der Waals surface area (Å²) in [5, 5.41) is 0. The molecule has 180 valence electrons. The number of halogens is 6. The quantitative estimate of drug-likeness (QED) is 0.392. The summed E-state index contributed by atoms with van der Waals surface area (Å²) >= 11 is 0. The molecule has 2 N–H and O–H groups in total. The normalized spacial score (nSPS) is 14.7. The van der Waals surface area contributed by atoms with Gasteiger partial charge in [0.25, 0.3) is 0 Å². The Bertz CT molecular complexity index is 1070. The number of hydrogen-bond acceptors (Lipinski definition) is 5. The monoisotopic (exact) mass is 478 g/mol. The number of nitrogens with zero attached hydrogens (tertiary/aromatic N) is 3. The predicted octanol–water partition coefficient (Wildman–Crippen LogP) is 2.80. The van der Waals surface area contributed by atoms with E-state index in [4.69, 9.17) is 10.5 Å². The Morgan fingerprint density at radius 1 is 1.15 bits per heavy atom. The van der Waals surface area contributed by atoms with Gasteiger partial charge in [-0.1, -0.05) is 0 Å². The highest BCUT2D eigenvalue weighted by Gasteiger charge is 2.42. The van der Waals surface area contributed by atoms with Crippen molar-refractivity contribution in [2.45, 2.75) is 45.1 Å². The first-order valence-corrected chi connectivity index (χ1v) is 9.92. The summed E-state index contributed by atoms with van der Waals surface area (Å²) in [6.45, 7) is 0.681. The van der Waals surface area contributed by atoms with E-state index in [0.717, 1.165) is 4.57 Å². The maximum atomic E-state index is 13.8. The number of rotatable bonds is 6. The van der Waals surface area contributed by atoms with Crippen LogP contribution in [0.1, 0.15) is 40.9 Å². The SMILES string of the molecule is CCOC(=O)c1nc(C(F)(F)F)n2c1CN(C(=O)C[C@H](N)Cc1cc(F)c(F)cc1F)CC2. The molecule has 0 saturated carbocycles. The van der Waals surface area contributed by atoms with E-state index < -0.39 is 53.1 Å². The lowest BCUT2D eigenvalue weighted by molar-refractivity contribution is -0.148. The molecular formula is C20H20F6N4O3. The predicted molar refractivity (Wildman–Crippen MR) is 101 cm³/mol. The minimum Gasteiger partial charge on any atom is -0.461 e. The largest absolute Gasteiger partial charge is 0.461 e.